The van der Waals surface area contributed by atoms with Crippen molar-refractivity contribution in [3.8, 4) is 35.3 Å². The molecule has 16 heteroatoms. The fourth-order valence-corrected chi connectivity index (χ4v) is 6.84. The number of nitrogen functional groups attached to an aromatic ring is 1. The summed E-state index contributed by atoms with van der Waals surface area (Å²) in [4.78, 5) is 26.5. The second-order valence-electron chi connectivity index (χ2n) is 13.3. The Balaban J connectivity index is 1.11. The zero-order valence-corrected chi connectivity index (χ0v) is 30.2. The summed E-state index contributed by atoms with van der Waals surface area (Å²) in [5.74, 6) is 14.9. The van der Waals surface area contributed by atoms with E-state index in [1.807, 2.05) is 52.5 Å². The molecule has 15 nitrogen and oxygen atoms in total. The lowest BCUT2D eigenvalue weighted by atomic mass is 10.1. The fourth-order valence-electron chi connectivity index (χ4n) is 6.19. The highest BCUT2D eigenvalue weighted by molar-refractivity contribution is 7.09. The van der Waals surface area contributed by atoms with Crippen LogP contribution in [0, 0.1) is 23.7 Å². The van der Waals surface area contributed by atoms with Crippen LogP contribution in [0.2, 0.25) is 0 Å². The SMILES string of the molecule is CC(O)(C#Cc1ccc2cnn(-c3ccnc(Nn4c(C5CC5)[n+](-c5ccnc(N)n5)c5cc(C#CC(C)(O)c6nccs6)ccc54)n3)c2c1)c1ncco1. The Labute approximate surface area is 317 Å². The molecule has 0 aliphatic heterocycles. The molecule has 270 valence electrons. The Bertz CT molecular complexity index is 2850. The Morgan fingerprint density at radius 2 is 1.69 bits per heavy atom. The van der Waals surface area contributed by atoms with Crippen LogP contribution in [0.25, 0.3) is 33.6 Å². The molecule has 9 rings (SSSR count). The van der Waals surface area contributed by atoms with Gasteiger partial charge in [-0.15, -0.1) is 11.3 Å². The molecule has 1 aliphatic carbocycles. The minimum Gasteiger partial charge on any atom is -0.445 e. The van der Waals surface area contributed by atoms with Crippen LogP contribution >= 0.6 is 11.3 Å². The summed E-state index contributed by atoms with van der Waals surface area (Å²) in [6.07, 6.45) is 11.5. The fraction of sp³-hybridized carbons (Fsp3) is 0.179. The van der Waals surface area contributed by atoms with E-state index in [1.54, 1.807) is 42.5 Å². The van der Waals surface area contributed by atoms with Gasteiger partial charge in [0.25, 0.3) is 17.7 Å². The summed E-state index contributed by atoms with van der Waals surface area (Å²) >= 11 is 1.35. The van der Waals surface area contributed by atoms with Gasteiger partial charge in [0.2, 0.25) is 11.7 Å². The summed E-state index contributed by atoms with van der Waals surface area (Å²) < 4.78 is 11.0. The minimum absolute atomic E-state index is 0.116. The van der Waals surface area contributed by atoms with E-state index in [0.29, 0.717) is 33.7 Å². The van der Waals surface area contributed by atoms with Gasteiger partial charge in [0.05, 0.1) is 17.9 Å². The molecule has 6 aromatic heterocycles. The van der Waals surface area contributed by atoms with E-state index in [9.17, 15) is 10.2 Å². The van der Waals surface area contributed by atoms with Crippen LogP contribution in [0.4, 0.5) is 11.9 Å². The Hall–Kier alpha value is -6.98. The molecule has 2 atom stereocenters. The van der Waals surface area contributed by atoms with E-state index in [0.717, 1.165) is 40.6 Å². The quantitative estimate of drug-likeness (QED) is 0.135. The molecular formula is C39H31N12O3S+. The van der Waals surface area contributed by atoms with Crippen molar-refractivity contribution in [2.45, 2.75) is 43.8 Å². The molecule has 5 N–H and O–H groups in total. The normalized spacial score (nSPS) is 14.8. The maximum absolute atomic E-state index is 11.0. The summed E-state index contributed by atoms with van der Waals surface area (Å²) in [5, 5.41) is 29.7. The highest BCUT2D eigenvalue weighted by atomic mass is 32.1. The summed E-state index contributed by atoms with van der Waals surface area (Å²) in [7, 11) is 0. The molecule has 0 spiro atoms. The van der Waals surface area contributed by atoms with E-state index in [-0.39, 0.29) is 17.8 Å². The molecule has 2 unspecified atom stereocenters. The van der Waals surface area contributed by atoms with Crippen LogP contribution in [0.1, 0.15) is 60.5 Å². The number of nitrogens with two attached hydrogens (primary N) is 1. The number of hydrogen-bond acceptors (Lipinski definition) is 13. The maximum atomic E-state index is 11.0. The van der Waals surface area contributed by atoms with Crippen molar-refractivity contribution in [2.24, 2.45) is 0 Å². The zero-order valence-electron chi connectivity index (χ0n) is 29.4. The molecule has 55 heavy (non-hydrogen) atoms. The van der Waals surface area contributed by atoms with Crippen LogP contribution in [0.3, 0.4) is 0 Å². The monoisotopic (exact) mass is 747 g/mol. The van der Waals surface area contributed by atoms with E-state index in [4.69, 9.17) is 15.1 Å². The number of rotatable bonds is 7. The summed E-state index contributed by atoms with van der Waals surface area (Å²) in [5.41, 5.74) is 10.3. The lowest BCUT2D eigenvalue weighted by molar-refractivity contribution is -0.581. The molecule has 0 saturated heterocycles. The number of thiazole rings is 1. The zero-order chi connectivity index (χ0) is 37.7. The summed E-state index contributed by atoms with van der Waals surface area (Å²) in [6.45, 7) is 3.16. The molecule has 0 bridgehead atoms. The van der Waals surface area contributed by atoms with Crippen LogP contribution < -0.4 is 15.7 Å². The molecule has 6 heterocycles. The third-order valence-electron chi connectivity index (χ3n) is 8.99. The van der Waals surface area contributed by atoms with Gasteiger partial charge in [-0.2, -0.15) is 19.3 Å². The number of imidazole rings is 1. The van der Waals surface area contributed by atoms with Crippen LogP contribution in [0.5, 0.6) is 0 Å². The smallest absolute Gasteiger partial charge is 0.297 e. The lowest BCUT2D eigenvalue weighted by Gasteiger charge is -2.11. The standard InChI is InChI=1S/C39H31N12O3S/c1-38(52,34-41-17-19-54-34)13-9-24-3-5-27-23-45-50(29(27)21-24)32-12-16-44-37(47-32)48-51-28-8-4-25(10-14-39(2,53)35-42-18-20-55-35)22-30(28)49(33(51)26-6-7-26)31-11-15-43-36(40)46-31/h3-5,8,11-12,15-23,26,52-53H,6-7H2,1-2H3,(H2,40,43,46)(H,44,47,48)/q+1. The van der Waals surface area contributed by atoms with Crippen molar-refractivity contribution in [3.05, 3.63) is 119 Å². The Morgan fingerprint density at radius 3 is 2.45 bits per heavy atom. The highest BCUT2D eigenvalue weighted by Crippen LogP contribution is 2.40. The van der Waals surface area contributed by atoms with Crippen LogP contribution in [0.15, 0.2) is 95.6 Å². The number of fused-ring (bicyclic) bond motifs is 2. The van der Waals surface area contributed by atoms with Crippen LogP contribution in [-0.2, 0) is 11.2 Å². The molecule has 1 fully saturated rings. The Kier molecular flexibility index (Phi) is 8.09. The number of nitrogens with one attached hydrogen (secondary N) is 1. The third-order valence-corrected chi connectivity index (χ3v) is 9.97. The van der Waals surface area contributed by atoms with Gasteiger partial charge in [0.15, 0.2) is 22.5 Å². The van der Waals surface area contributed by atoms with E-state index in [1.165, 1.54) is 30.7 Å². The number of hydrogen-bond donors (Lipinski definition) is 4. The third kappa shape index (κ3) is 6.51. The van der Waals surface area contributed by atoms with Gasteiger partial charge in [0, 0.05) is 58.5 Å². The molecule has 0 amide bonds. The molecule has 2 aromatic carbocycles. The van der Waals surface area contributed by atoms with Gasteiger partial charge in [-0.05, 0) is 63.1 Å². The van der Waals surface area contributed by atoms with Gasteiger partial charge in [0.1, 0.15) is 16.8 Å². The number of benzene rings is 2. The maximum Gasteiger partial charge on any atom is 0.297 e. The van der Waals surface area contributed by atoms with Crippen molar-refractivity contribution in [2.75, 3.05) is 11.2 Å². The van der Waals surface area contributed by atoms with Crippen LogP contribution in [-0.4, -0.2) is 54.6 Å². The van der Waals surface area contributed by atoms with Gasteiger partial charge >= 0.3 is 0 Å². The second-order valence-corrected chi connectivity index (χ2v) is 14.2. The minimum atomic E-state index is -1.57. The average molecular weight is 748 g/mol. The number of anilines is 2. The number of aliphatic hydroxyl groups is 2. The van der Waals surface area contributed by atoms with Crippen molar-refractivity contribution in [3.63, 3.8) is 0 Å². The van der Waals surface area contributed by atoms with E-state index >= 15 is 0 Å². The first-order valence-electron chi connectivity index (χ1n) is 17.2. The molecule has 1 aliphatic rings. The van der Waals surface area contributed by atoms with Crippen molar-refractivity contribution in [1.82, 2.24) is 44.4 Å². The van der Waals surface area contributed by atoms with Crippen molar-refractivity contribution >= 4 is 45.2 Å². The first-order chi connectivity index (χ1) is 26.6. The van der Waals surface area contributed by atoms with Crippen molar-refractivity contribution in [1.29, 1.82) is 0 Å². The van der Waals surface area contributed by atoms with Gasteiger partial charge < -0.3 is 20.4 Å². The number of aromatic nitrogens is 10. The second kappa shape index (κ2) is 13.2. The lowest BCUT2D eigenvalue weighted by Crippen LogP contribution is -2.37. The van der Waals surface area contributed by atoms with Gasteiger partial charge in [-0.25, -0.2) is 30.0 Å². The van der Waals surface area contributed by atoms with E-state index in [2.05, 4.69) is 63.7 Å². The van der Waals surface area contributed by atoms with Gasteiger partial charge in [-0.1, -0.05) is 28.7 Å². The topological polar surface area (TPSA) is 196 Å². The van der Waals surface area contributed by atoms with E-state index < -0.39 is 11.2 Å². The van der Waals surface area contributed by atoms with Crippen molar-refractivity contribution < 1.29 is 19.2 Å². The number of oxazole rings is 1. The molecular weight excluding hydrogens is 717 g/mol. The predicted molar refractivity (Wildman–Crippen MR) is 203 cm³/mol. The average Bonchev–Trinajstić information content (AvgIpc) is 3.63. The first kappa shape index (κ1) is 33.8. The largest absolute Gasteiger partial charge is 0.445 e. The highest BCUT2D eigenvalue weighted by Gasteiger charge is 2.39. The predicted octanol–water partition coefficient (Wildman–Crippen LogP) is 4.13. The van der Waals surface area contributed by atoms with Gasteiger partial charge in [-0.3, -0.25) is 0 Å². The molecule has 0 radical (unpaired) electrons. The first-order valence-corrected chi connectivity index (χ1v) is 18.1. The molecule has 8 aromatic rings. The summed E-state index contributed by atoms with van der Waals surface area (Å²) in [6, 6.07) is 15.1. The Morgan fingerprint density at radius 1 is 0.891 bits per heavy atom. The number of nitrogens with zero attached hydrogens (tertiary/aromatic N) is 10. The molecule has 1 saturated carbocycles.